The van der Waals surface area contributed by atoms with Crippen molar-refractivity contribution in [3.63, 3.8) is 0 Å². The molecule has 0 radical (unpaired) electrons. The molecule has 1 saturated heterocycles. The van der Waals surface area contributed by atoms with Crippen LogP contribution >= 0.6 is 0 Å². The van der Waals surface area contributed by atoms with Gasteiger partial charge >= 0.3 is 6.18 Å². The summed E-state index contributed by atoms with van der Waals surface area (Å²) in [6.45, 7) is 4.40. The Hall–Kier alpha value is -1.63. The van der Waals surface area contributed by atoms with Crippen LogP contribution in [0.2, 0.25) is 0 Å². The van der Waals surface area contributed by atoms with Crippen molar-refractivity contribution in [1.82, 2.24) is 4.90 Å². The second-order valence-electron chi connectivity index (χ2n) is 5.74. The highest BCUT2D eigenvalue weighted by atomic mass is 19.4. The highest BCUT2D eigenvalue weighted by Gasteiger charge is 2.44. The Balaban J connectivity index is 2.19. The Morgan fingerprint density at radius 1 is 1.33 bits per heavy atom. The molecule has 1 fully saturated rings. The van der Waals surface area contributed by atoms with Gasteiger partial charge in [-0.25, -0.2) is 4.39 Å². The largest absolute Gasteiger partial charge is 0.419 e. The van der Waals surface area contributed by atoms with Gasteiger partial charge in [-0.1, -0.05) is 13.8 Å². The van der Waals surface area contributed by atoms with Crippen LogP contribution in [0.5, 0.6) is 0 Å². The zero-order valence-electron chi connectivity index (χ0n) is 11.7. The lowest BCUT2D eigenvalue weighted by Crippen LogP contribution is -2.71. The Morgan fingerprint density at radius 3 is 2.38 bits per heavy atom. The van der Waals surface area contributed by atoms with E-state index < -0.39 is 29.0 Å². The molecule has 0 atom stereocenters. The number of rotatable bonds is 2. The third-order valence-electron chi connectivity index (χ3n) is 3.93. The van der Waals surface area contributed by atoms with E-state index in [0.717, 1.165) is 6.07 Å². The monoisotopic (exact) mass is 304 g/mol. The molecule has 1 aliphatic rings. The fourth-order valence-electron chi connectivity index (χ4n) is 2.23. The summed E-state index contributed by atoms with van der Waals surface area (Å²) in [5.41, 5.74) is 3.91. The minimum atomic E-state index is -4.83. The number of carbonyl (C=O) groups excluding carboxylic acids is 1. The van der Waals surface area contributed by atoms with Crippen LogP contribution in [0.1, 0.15) is 29.8 Å². The van der Waals surface area contributed by atoms with E-state index in [-0.39, 0.29) is 24.6 Å². The predicted octanol–water partition coefficient (Wildman–Crippen LogP) is 2.65. The van der Waals surface area contributed by atoms with Gasteiger partial charge in [0.25, 0.3) is 5.91 Å². The van der Waals surface area contributed by atoms with Gasteiger partial charge in [-0.05, 0) is 24.1 Å². The molecule has 0 spiro atoms. The van der Waals surface area contributed by atoms with E-state index in [0.29, 0.717) is 12.1 Å². The first-order valence-electron chi connectivity index (χ1n) is 6.49. The summed E-state index contributed by atoms with van der Waals surface area (Å²) in [5.74, 6) is -1.80. The third-order valence-corrected chi connectivity index (χ3v) is 3.93. The Morgan fingerprint density at radius 2 is 1.90 bits per heavy atom. The van der Waals surface area contributed by atoms with Crippen LogP contribution in [0.15, 0.2) is 18.2 Å². The van der Waals surface area contributed by atoms with E-state index in [9.17, 15) is 22.4 Å². The molecule has 1 aromatic carbocycles. The van der Waals surface area contributed by atoms with Gasteiger partial charge in [0.05, 0.1) is 11.1 Å². The van der Waals surface area contributed by atoms with Crippen LogP contribution in [0.25, 0.3) is 0 Å². The minimum absolute atomic E-state index is 0.153. The molecule has 2 rings (SSSR count). The molecule has 1 heterocycles. The second-order valence-corrected chi connectivity index (χ2v) is 5.74. The van der Waals surface area contributed by atoms with Crippen LogP contribution in [-0.4, -0.2) is 29.4 Å². The van der Waals surface area contributed by atoms with Crippen LogP contribution in [0.4, 0.5) is 17.6 Å². The molecular weight excluding hydrogens is 288 g/mol. The molecule has 116 valence electrons. The number of amides is 1. The van der Waals surface area contributed by atoms with Crippen LogP contribution < -0.4 is 5.73 Å². The van der Waals surface area contributed by atoms with Crippen molar-refractivity contribution in [3.05, 3.63) is 35.1 Å². The number of alkyl halides is 3. The number of nitrogens with two attached hydrogens (primary N) is 1. The first-order chi connectivity index (χ1) is 9.54. The number of nitrogens with zero attached hydrogens (tertiary/aromatic N) is 1. The molecule has 0 bridgehead atoms. The van der Waals surface area contributed by atoms with Crippen molar-refractivity contribution in [2.45, 2.75) is 25.6 Å². The van der Waals surface area contributed by atoms with Gasteiger partial charge < -0.3 is 10.6 Å². The third kappa shape index (κ3) is 2.88. The van der Waals surface area contributed by atoms with E-state index in [1.54, 1.807) is 0 Å². The van der Waals surface area contributed by atoms with Gasteiger partial charge in [0.2, 0.25) is 0 Å². The lowest BCUT2D eigenvalue weighted by Gasteiger charge is -2.50. The van der Waals surface area contributed by atoms with Crippen molar-refractivity contribution in [2.24, 2.45) is 11.7 Å². The van der Waals surface area contributed by atoms with Gasteiger partial charge in [0.1, 0.15) is 5.82 Å². The van der Waals surface area contributed by atoms with Crippen LogP contribution in [0.3, 0.4) is 0 Å². The zero-order valence-corrected chi connectivity index (χ0v) is 11.7. The highest BCUT2D eigenvalue weighted by Crippen LogP contribution is 2.33. The molecule has 0 unspecified atom stereocenters. The minimum Gasteiger partial charge on any atom is -0.335 e. The molecule has 0 aromatic heterocycles. The number of hydrogen-bond acceptors (Lipinski definition) is 2. The van der Waals surface area contributed by atoms with Gasteiger partial charge in [-0.2, -0.15) is 13.2 Å². The number of benzene rings is 1. The number of carbonyl (C=O) groups is 1. The number of halogens is 4. The average Bonchev–Trinajstić information content (AvgIpc) is 2.33. The van der Waals surface area contributed by atoms with Gasteiger partial charge in [0, 0.05) is 18.7 Å². The van der Waals surface area contributed by atoms with Crippen molar-refractivity contribution in [1.29, 1.82) is 0 Å². The van der Waals surface area contributed by atoms with Gasteiger partial charge in [0.15, 0.2) is 0 Å². The summed E-state index contributed by atoms with van der Waals surface area (Å²) in [4.78, 5) is 13.5. The number of hydrogen-bond donors (Lipinski definition) is 1. The fraction of sp³-hybridized carbons (Fsp3) is 0.500. The Kier molecular flexibility index (Phi) is 3.73. The smallest absolute Gasteiger partial charge is 0.335 e. The summed E-state index contributed by atoms with van der Waals surface area (Å²) >= 11 is 0. The molecule has 0 saturated carbocycles. The first kappa shape index (κ1) is 15.8. The molecule has 3 nitrogen and oxygen atoms in total. The van der Waals surface area contributed by atoms with Crippen molar-refractivity contribution >= 4 is 5.91 Å². The lowest BCUT2D eigenvalue weighted by molar-refractivity contribution is -0.140. The molecule has 2 N–H and O–H groups in total. The molecule has 1 amide bonds. The molecular formula is C14H16F4N2O. The normalized spacial score (nSPS) is 17.8. The summed E-state index contributed by atoms with van der Waals surface area (Å²) in [6.07, 6.45) is -4.83. The maximum Gasteiger partial charge on any atom is 0.419 e. The van der Waals surface area contributed by atoms with Crippen molar-refractivity contribution in [2.75, 3.05) is 13.1 Å². The Bertz CT molecular complexity index is 563. The fourth-order valence-corrected chi connectivity index (χ4v) is 2.23. The molecule has 0 aliphatic carbocycles. The van der Waals surface area contributed by atoms with E-state index in [2.05, 4.69) is 0 Å². The highest BCUT2D eigenvalue weighted by molar-refractivity contribution is 5.95. The summed E-state index contributed by atoms with van der Waals surface area (Å²) in [5, 5.41) is 0. The predicted molar refractivity (Wildman–Crippen MR) is 69.1 cm³/mol. The topological polar surface area (TPSA) is 46.3 Å². The van der Waals surface area contributed by atoms with E-state index >= 15 is 0 Å². The average molecular weight is 304 g/mol. The van der Waals surface area contributed by atoms with Gasteiger partial charge in [-0.3, -0.25) is 4.79 Å². The summed E-state index contributed by atoms with van der Waals surface area (Å²) in [6, 6.07) is 2.26. The van der Waals surface area contributed by atoms with Crippen LogP contribution in [-0.2, 0) is 6.18 Å². The SMILES string of the molecule is CC(C)C1(N)CN(C(=O)c2ccc(F)c(C(F)(F)F)c2)C1. The van der Waals surface area contributed by atoms with Gasteiger partial charge in [-0.15, -0.1) is 0 Å². The van der Waals surface area contributed by atoms with E-state index in [4.69, 9.17) is 5.73 Å². The summed E-state index contributed by atoms with van der Waals surface area (Å²) in [7, 11) is 0. The maximum absolute atomic E-state index is 13.2. The Labute approximate surface area is 119 Å². The van der Waals surface area contributed by atoms with Crippen molar-refractivity contribution in [3.8, 4) is 0 Å². The molecule has 1 aliphatic heterocycles. The maximum atomic E-state index is 13.2. The standard InChI is InChI=1S/C14H16F4N2O/c1-8(2)13(19)6-20(7-13)12(21)9-3-4-11(15)10(5-9)14(16,17)18/h3-5,8H,6-7,19H2,1-2H3. The lowest BCUT2D eigenvalue weighted by atomic mass is 9.80. The summed E-state index contributed by atoms with van der Waals surface area (Å²) < 4.78 is 51.1. The van der Waals surface area contributed by atoms with Crippen LogP contribution in [0, 0.1) is 11.7 Å². The molecule has 1 aromatic rings. The van der Waals surface area contributed by atoms with E-state index in [1.165, 1.54) is 4.90 Å². The molecule has 7 heteroatoms. The number of likely N-dealkylation sites (tertiary alicyclic amines) is 1. The zero-order chi connectivity index (χ0) is 16.0. The second kappa shape index (κ2) is 4.98. The van der Waals surface area contributed by atoms with Crippen molar-refractivity contribution < 1.29 is 22.4 Å². The quantitative estimate of drug-likeness (QED) is 0.854. The first-order valence-corrected chi connectivity index (χ1v) is 6.49. The van der Waals surface area contributed by atoms with E-state index in [1.807, 2.05) is 13.8 Å². The molecule has 21 heavy (non-hydrogen) atoms.